The van der Waals surface area contributed by atoms with Crippen molar-refractivity contribution in [2.75, 3.05) is 13.1 Å². The average molecular weight is 274 g/mol. The van der Waals surface area contributed by atoms with Crippen LogP contribution in [-0.2, 0) is 11.0 Å². The SMILES string of the molecule is CC(CC(=O)NCCN)c1cccc(C(F)(F)F)c1. The maximum absolute atomic E-state index is 12.6. The predicted molar refractivity (Wildman–Crippen MR) is 66.5 cm³/mol. The predicted octanol–water partition coefficient (Wildman–Crippen LogP) is 2.27. The van der Waals surface area contributed by atoms with E-state index < -0.39 is 11.7 Å². The van der Waals surface area contributed by atoms with Gasteiger partial charge < -0.3 is 11.1 Å². The highest BCUT2D eigenvalue weighted by Gasteiger charge is 2.30. The number of benzene rings is 1. The molecule has 6 heteroatoms. The number of hydrogen-bond acceptors (Lipinski definition) is 2. The summed E-state index contributed by atoms with van der Waals surface area (Å²) in [6.07, 6.45) is -4.22. The zero-order valence-corrected chi connectivity index (χ0v) is 10.6. The number of carbonyl (C=O) groups is 1. The van der Waals surface area contributed by atoms with Crippen LogP contribution in [-0.4, -0.2) is 19.0 Å². The van der Waals surface area contributed by atoms with Crippen molar-refractivity contribution >= 4 is 5.91 Å². The minimum atomic E-state index is -4.36. The van der Waals surface area contributed by atoms with E-state index in [1.165, 1.54) is 6.07 Å². The summed E-state index contributed by atoms with van der Waals surface area (Å²) >= 11 is 0. The molecule has 0 fully saturated rings. The molecule has 106 valence electrons. The van der Waals surface area contributed by atoms with Crippen molar-refractivity contribution in [1.29, 1.82) is 0 Å². The van der Waals surface area contributed by atoms with Crippen LogP contribution in [0.15, 0.2) is 24.3 Å². The van der Waals surface area contributed by atoms with E-state index >= 15 is 0 Å². The third-order valence-electron chi connectivity index (χ3n) is 2.74. The Morgan fingerprint density at radius 3 is 2.68 bits per heavy atom. The molecule has 1 amide bonds. The molecule has 3 nitrogen and oxygen atoms in total. The first-order valence-electron chi connectivity index (χ1n) is 5.98. The van der Waals surface area contributed by atoms with Gasteiger partial charge in [0.2, 0.25) is 5.91 Å². The van der Waals surface area contributed by atoms with Crippen LogP contribution in [0.4, 0.5) is 13.2 Å². The summed E-state index contributed by atoms with van der Waals surface area (Å²) in [4.78, 5) is 11.5. The Kier molecular flexibility index (Phi) is 5.35. The van der Waals surface area contributed by atoms with Gasteiger partial charge in [-0.05, 0) is 17.5 Å². The lowest BCUT2D eigenvalue weighted by molar-refractivity contribution is -0.137. The fourth-order valence-electron chi connectivity index (χ4n) is 1.70. The van der Waals surface area contributed by atoms with Gasteiger partial charge >= 0.3 is 6.18 Å². The van der Waals surface area contributed by atoms with Gasteiger partial charge in [-0.15, -0.1) is 0 Å². The monoisotopic (exact) mass is 274 g/mol. The Hall–Kier alpha value is -1.56. The van der Waals surface area contributed by atoms with Crippen molar-refractivity contribution < 1.29 is 18.0 Å². The van der Waals surface area contributed by atoms with Crippen LogP contribution in [0.5, 0.6) is 0 Å². The average Bonchev–Trinajstić information content (AvgIpc) is 2.35. The molecule has 3 N–H and O–H groups in total. The fourth-order valence-corrected chi connectivity index (χ4v) is 1.70. The molecule has 0 radical (unpaired) electrons. The molecule has 0 aliphatic carbocycles. The van der Waals surface area contributed by atoms with Gasteiger partial charge in [-0.3, -0.25) is 4.79 Å². The Balaban J connectivity index is 2.72. The summed E-state index contributed by atoms with van der Waals surface area (Å²) in [6.45, 7) is 2.43. The number of alkyl halides is 3. The molecule has 1 aromatic rings. The third-order valence-corrected chi connectivity index (χ3v) is 2.74. The maximum Gasteiger partial charge on any atom is 0.416 e. The Labute approximate surface area is 110 Å². The minimum Gasteiger partial charge on any atom is -0.355 e. The summed E-state index contributed by atoms with van der Waals surface area (Å²) in [6, 6.07) is 5.05. The van der Waals surface area contributed by atoms with Crippen molar-refractivity contribution in [3.8, 4) is 0 Å². The molecule has 19 heavy (non-hydrogen) atoms. The van der Waals surface area contributed by atoms with Crippen LogP contribution in [0.25, 0.3) is 0 Å². The van der Waals surface area contributed by atoms with E-state index in [0.717, 1.165) is 12.1 Å². The molecular weight excluding hydrogens is 257 g/mol. The van der Waals surface area contributed by atoms with E-state index in [1.54, 1.807) is 13.0 Å². The van der Waals surface area contributed by atoms with Gasteiger partial charge in [0.1, 0.15) is 0 Å². The second-order valence-corrected chi connectivity index (χ2v) is 4.37. The zero-order chi connectivity index (χ0) is 14.5. The van der Waals surface area contributed by atoms with Crippen molar-refractivity contribution in [2.45, 2.75) is 25.4 Å². The van der Waals surface area contributed by atoms with E-state index in [0.29, 0.717) is 18.7 Å². The highest BCUT2D eigenvalue weighted by molar-refractivity contribution is 5.76. The van der Waals surface area contributed by atoms with Crippen LogP contribution in [0.2, 0.25) is 0 Å². The number of nitrogens with one attached hydrogen (secondary N) is 1. The van der Waals surface area contributed by atoms with Crippen molar-refractivity contribution in [1.82, 2.24) is 5.32 Å². The van der Waals surface area contributed by atoms with Gasteiger partial charge in [-0.1, -0.05) is 25.1 Å². The van der Waals surface area contributed by atoms with Crippen LogP contribution in [0.3, 0.4) is 0 Å². The number of rotatable bonds is 5. The summed E-state index contributed by atoms with van der Waals surface area (Å²) in [5.41, 5.74) is 5.05. The minimum absolute atomic E-state index is 0.140. The lowest BCUT2D eigenvalue weighted by atomic mass is 9.95. The van der Waals surface area contributed by atoms with Crippen molar-refractivity contribution in [2.24, 2.45) is 5.73 Å². The van der Waals surface area contributed by atoms with E-state index in [2.05, 4.69) is 5.32 Å². The molecule has 1 atom stereocenters. The van der Waals surface area contributed by atoms with Gasteiger partial charge in [-0.2, -0.15) is 13.2 Å². The number of nitrogens with two attached hydrogens (primary N) is 1. The molecule has 0 spiro atoms. The number of halogens is 3. The second kappa shape index (κ2) is 6.56. The number of amides is 1. The number of hydrogen-bond donors (Lipinski definition) is 2. The Morgan fingerprint density at radius 1 is 1.42 bits per heavy atom. The molecule has 0 bridgehead atoms. The molecule has 1 rings (SSSR count). The van der Waals surface area contributed by atoms with Gasteiger partial charge in [0, 0.05) is 19.5 Å². The molecule has 0 saturated heterocycles. The first kappa shape index (κ1) is 15.5. The highest BCUT2D eigenvalue weighted by Crippen LogP contribution is 2.31. The van der Waals surface area contributed by atoms with Gasteiger partial charge in [0.05, 0.1) is 5.56 Å². The lowest BCUT2D eigenvalue weighted by Gasteiger charge is -2.14. The van der Waals surface area contributed by atoms with Crippen LogP contribution in [0, 0.1) is 0 Å². The quantitative estimate of drug-likeness (QED) is 0.865. The fraction of sp³-hybridized carbons (Fsp3) is 0.462. The van der Waals surface area contributed by atoms with Crippen molar-refractivity contribution in [3.05, 3.63) is 35.4 Å². The molecule has 0 aliphatic heterocycles. The van der Waals surface area contributed by atoms with E-state index in [4.69, 9.17) is 5.73 Å². The second-order valence-electron chi connectivity index (χ2n) is 4.37. The van der Waals surface area contributed by atoms with Crippen LogP contribution < -0.4 is 11.1 Å². The van der Waals surface area contributed by atoms with Crippen LogP contribution >= 0.6 is 0 Å². The molecular formula is C13H17F3N2O. The van der Waals surface area contributed by atoms with Crippen LogP contribution in [0.1, 0.15) is 30.4 Å². The smallest absolute Gasteiger partial charge is 0.355 e. The Bertz CT molecular complexity index is 432. The summed E-state index contributed by atoms with van der Waals surface area (Å²) in [5, 5.41) is 2.59. The third kappa shape index (κ3) is 4.90. The lowest BCUT2D eigenvalue weighted by Crippen LogP contribution is -2.29. The summed E-state index contributed by atoms with van der Waals surface area (Å²) in [5.74, 6) is -0.490. The van der Waals surface area contributed by atoms with Crippen molar-refractivity contribution in [3.63, 3.8) is 0 Å². The first-order chi connectivity index (χ1) is 8.84. The zero-order valence-electron chi connectivity index (χ0n) is 10.6. The molecule has 0 aromatic heterocycles. The first-order valence-corrected chi connectivity index (χ1v) is 5.98. The summed E-state index contributed by atoms with van der Waals surface area (Å²) in [7, 11) is 0. The largest absolute Gasteiger partial charge is 0.416 e. The molecule has 0 heterocycles. The standard InChI is InChI=1S/C13H17F3N2O/c1-9(7-12(19)18-6-5-17)10-3-2-4-11(8-10)13(14,15)16/h2-4,8-9H,5-7,17H2,1H3,(H,18,19). The molecule has 0 aliphatic rings. The Morgan fingerprint density at radius 2 is 2.11 bits per heavy atom. The normalized spacial score (nSPS) is 13.1. The molecule has 1 aromatic carbocycles. The molecule has 0 saturated carbocycles. The highest BCUT2D eigenvalue weighted by atomic mass is 19.4. The number of carbonyl (C=O) groups excluding carboxylic acids is 1. The summed E-state index contributed by atoms with van der Waals surface area (Å²) < 4.78 is 37.7. The van der Waals surface area contributed by atoms with E-state index in [9.17, 15) is 18.0 Å². The van der Waals surface area contributed by atoms with Gasteiger partial charge in [0.15, 0.2) is 0 Å². The topological polar surface area (TPSA) is 55.1 Å². The van der Waals surface area contributed by atoms with Gasteiger partial charge in [-0.25, -0.2) is 0 Å². The van der Waals surface area contributed by atoms with E-state index in [-0.39, 0.29) is 18.2 Å². The molecule has 1 unspecified atom stereocenters. The van der Waals surface area contributed by atoms with Gasteiger partial charge in [0.25, 0.3) is 0 Å². The maximum atomic E-state index is 12.6. The van der Waals surface area contributed by atoms with E-state index in [1.807, 2.05) is 0 Å².